The summed E-state index contributed by atoms with van der Waals surface area (Å²) in [4.78, 5) is 17.1. The summed E-state index contributed by atoms with van der Waals surface area (Å²) in [5.41, 5.74) is 0.214. The highest BCUT2D eigenvalue weighted by atomic mass is 16.5. The van der Waals surface area contributed by atoms with Crippen LogP contribution in [0.5, 0.6) is 11.5 Å². The molecule has 0 radical (unpaired) electrons. The summed E-state index contributed by atoms with van der Waals surface area (Å²) in [6.07, 6.45) is 10.3. The number of rotatable bonds is 9. The number of aromatic nitrogens is 2. The third-order valence-electron chi connectivity index (χ3n) is 5.15. The quantitative estimate of drug-likeness (QED) is 0.662. The van der Waals surface area contributed by atoms with Crippen LogP contribution in [0.2, 0.25) is 0 Å². The number of carbonyl (C=O) groups is 1. The van der Waals surface area contributed by atoms with Crippen LogP contribution in [0.4, 0.5) is 5.69 Å². The van der Waals surface area contributed by atoms with Crippen LogP contribution in [0.3, 0.4) is 0 Å². The molecule has 27 heavy (non-hydrogen) atoms. The molecular formula is C20H28N4O3. The number of aryl methyl sites for hydroxylation is 1. The van der Waals surface area contributed by atoms with Gasteiger partial charge < -0.3 is 24.7 Å². The standard InChI is InChI=1S/C20H28N4O3/c1-26-17-7-6-16(14-18(17)27-2)23-19(25)20(8-3-4-9-20)22-10-5-12-24-13-11-21-15-24/h6-7,11,13-15,22H,3-5,8-10,12H2,1-2H3,(H,23,25). The Labute approximate surface area is 160 Å². The molecule has 1 aliphatic carbocycles. The molecule has 2 N–H and O–H groups in total. The van der Waals surface area contributed by atoms with E-state index in [-0.39, 0.29) is 5.91 Å². The molecule has 146 valence electrons. The van der Waals surface area contributed by atoms with E-state index in [1.807, 2.05) is 23.2 Å². The van der Waals surface area contributed by atoms with Crippen LogP contribution in [0.25, 0.3) is 0 Å². The minimum Gasteiger partial charge on any atom is -0.493 e. The van der Waals surface area contributed by atoms with Crippen LogP contribution >= 0.6 is 0 Å². The smallest absolute Gasteiger partial charge is 0.244 e. The number of ether oxygens (including phenoxy) is 2. The monoisotopic (exact) mass is 372 g/mol. The second kappa shape index (κ2) is 8.90. The summed E-state index contributed by atoms with van der Waals surface area (Å²) in [7, 11) is 3.18. The summed E-state index contributed by atoms with van der Waals surface area (Å²) in [6.45, 7) is 1.68. The van der Waals surface area contributed by atoms with Crippen LogP contribution in [-0.2, 0) is 11.3 Å². The molecule has 0 saturated heterocycles. The predicted octanol–water partition coefficient (Wildman–Crippen LogP) is 2.83. The fraction of sp³-hybridized carbons (Fsp3) is 0.500. The molecular weight excluding hydrogens is 344 g/mol. The molecule has 7 nitrogen and oxygen atoms in total. The van der Waals surface area contributed by atoms with Gasteiger partial charge in [-0.3, -0.25) is 4.79 Å². The van der Waals surface area contributed by atoms with Crippen LogP contribution < -0.4 is 20.1 Å². The molecule has 3 rings (SSSR count). The van der Waals surface area contributed by atoms with Gasteiger partial charge in [0.1, 0.15) is 0 Å². The molecule has 1 aromatic heterocycles. The lowest BCUT2D eigenvalue weighted by molar-refractivity contribution is -0.122. The van der Waals surface area contributed by atoms with Gasteiger partial charge in [0.25, 0.3) is 0 Å². The van der Waals surface area contributed by atoms with Crippen molar-refractivity contribution < 1.29 is 14.3 Å². The molecule has 7 heteroatoms. The van der Waals surface area contributed by atoms with Gasteiger partial charge in [0.15, 0.2) is 11.5 Å². The maximum Gasteiger partial charge on any atom is 0.244 e. The fourth-order valence-corrected chi connectivity index (χ4v) is 3.64. The van der Waals surface area contributed by atoms with Gasteiger partial charge in [-0.25, -0.2) is 4.98 Å². The number of nitrogens with zero attached hydrogens (tertiary/aromatic N) is 2. The Kier molecular flexibility index (Phi) is 6.34. The number of amides is 1. The number of carbonyl (C=O) groups excluding carboxylic acids is 1. The lowest BCUT2D eigenvalue weighted by Crippen LogP contribution is -2.53. The molecule has 1 amide bonds. The predicted molar refractivity (Wildman–Crippen MR) is 104 cm³/mol. The largest absolute Gasteiger partial charge is 0.493 e. The molecule has 1 heterocycles. The number of hydrogen-bond donors (Lipinski definition) is 2. The SMILES string of the molecule is COc1ccc(NC(=O)C2(NCCCn3ccnc3)CCCC2)cc1OC. The Bertz CT molecular complexity index is 740. The van der Waals surface area contributed by atoms with Gasteiger partial charge in [0.2, 0.25) is 5.91 Å². The second-order valence-corrected chi connectivity index (χ2v) is 6.89. The normalized spacial score (nSPS) is 15.5. The first-order chi connectivity index (χ1) is 13.2. The van der Waals surface area contributed by atoms with Crippen molar-refractivity contribution in [1.29, 1.82) is 0 Å². The summed E-state index contributed by atoms with van der Waals surface area (Å²) < 4.78 is 12.6. The number of anilines is 1. The number of benzene rings is 1. The number of hydrogen-bond acceptors (Lipinski definition) is 5. The Morgan fingerprint density at radius 1 is 1.22 bits per heavy atom. The highest BCUT2D eigenvalue weighted by molar-refractivity contribution is 5.98. The average Bonchev–Trinajstić information content (AvgIpc) is 3.38. The first-order valence-electron chi connectivity index (χ1n) is 9.41. The van der Waals surface area contributed by atoms with E-state index < -0.39 is 5.54 Å². The van der Waals surface area contributed by atoms with E-state index in [0.717, 1.165) is 45.2 Å². The van der Waals surface area contributed by atoms with Crippen molar-refractivity contribution in [3.8, 4) is 11.5 Å². The van der Waals surface area contributed by atoms with E-state index in [1.165, 1.54) is 0 Å². The third kappa shape index (κ3) is 4.60. The van der Waals surface area contributed by atoms with E-state index >= 15 is 0 Å². The van der Waals surface area contributed by atoms with E-state index in [2.05, 4.69) is 15.6 Å². The minimum atomic E-state index is -0.498. The molecule has 2 aromatic rings. The van der Waals surface area contributed by atoms with Gasteiger partial charge in [-0.15, -0.1) is 0 Å². The topological polar surface area (TPSA) is 77.4 Å². The maximum atomic E-state index is 13.1. The molecule has 1 saturated carbocycles. The van der Waals surface area contributed by atoms with Gasteiger partial charge in [-0.2, -0.15) is 0 Å². The summed E-state index contributed by atoms with van der Waals surface area (Å²) in [5, 5.41) is 6.58. The molecule has 1 aromatic carbocycles. The van der Waals surface area contributed by atoms with Crippen LogP contribution in [0.15, 0.2) is 36.9 Å². The zero-order valence-electron chi connectivity index (χ0n) is 16.0. The third-order valence-corrected chi connectivity index (χ3v) is 5.15. The number of imidazole rings is 1. The van der Waals surface area contributed by atoms with Crippen LogP contribution in [0, 0.1) is 0 Å². The van der Waals surface area contributed by atoms with E-state index in [9.17, 15) is 4.79 Å². The van der Waals surface area contributed by atoms with Crippen LogP contribution in [0.1, 0.15) is 32.1 Å². The average molecular weight is 372 g/mol. The second-order valence-electron chi connectivity index (χ2n) is 6.89. The highest BCUT2D eigenvalue weighted by Crippen LogP contribution is 2.33. The van der Waals surface area contributed by atoms with Crippen molar-refractivity contribution in [2.75, 3.05) is 26.1 Å². The van der Waals surface area contributed by atoms with Crippen molar-refractivity contribution in [2.24, 2.45) is 0 Å². The molecule has 0 atom stereocenters. The van der Waals surface area contributed by atoms with Crippen molar-refractivity contribution in [3.63, 3.8) is 0 Å². The van der Waals surface area contributed by atoms with Crippen molar-refractivity contribution in [3.05, 3.63) is 36.9 Å². The Hall–Kier alpha value is -2.54. The molecule has 0 spiro atoms. The molecule has 0 unspecified atom stereocenters. The number of methoxy groups -OCH3 is 2. The van der Waals surface area contributed by atoms with Gasteiger partial charge in [0, 0.05) is 30.7 Å². The summed E-state index contributed by atoms with van der Waals surface area (Å²) >= 11 is 0. The first-order valence-corrected chi connectivity index (χ1v) is 9.41. The van der Waals surface area contributed by atoms with Crippen molar-refractivity contribution in [2.45, 2.75) is 44.2 Å². The molecule has 0 aliphatic heterocycles. The van der Waals surface area contributed by atoms with Gasteiger partial charge in [-0.1, -0.05) is 12.8 Å². The van der Waals surface area contributed by atoms with Gasteiger partial charge >= 0.3 is 0 Å². The highest BCUT2D eigenvalue weighted by Gasteiger charge is 2.40. The summed E-state index contributed by atoms with van der Waals surface area (Å²) in [5.74, 6) is 1.27. The Morgan fingerprint density at radius 3 is 2.67 bits per heavy atom. The molecule has 1 aliphatic rings. The lowest BCUT2D eigenvalue weighted by Gasteiger charge is -2.29. The van der Waals surface area contributed by atoms with Gasteiger partial charge in [-0.05, 0) is 37.9 Å². The minimum absolute atomic E-state index is 0.0230. The lowest BCUT2D eigenvalue weighted by atomic mass is 9.95. The Balaban J connectivity index is 1.60. The van der Waals surface area contributed by atoms with E-state index in [1.54, 1.807) is 32.5 Å². The Morgan fingerprint density at radius 2 is 2.00 bits per heavy atom. The first kappa shape index (κ1) is 19.2. The van der Waals surface area contributed by atoms with E-state index in [4.69, 9.17) is 9.47 Å². The molecule has 1 fully saturated rings. The zero-order chi connectivity index (χ0) is 19.1. The summed E-state index contributed by atoms with van der Waals surface area (Å²) in [6, 6.07) is 5.42. The maximum absolute atomic E-state index is 13.1. The number of nitrogens with one attached hydrogen (secondary N) is 2. The zero-order valence-corrected chi connectivity index (χ0v) is 16.0. The molecule has 0 bridgehead atoms. The van der Waals surface area contributed by atoms with Crippen LogP contribution in [-0.4, -0.2) is 41.8 Å². The van der Waals surface area contributed by atoms with Gasteiger partial charge in [0.05, 0.1) is 26.1 Å². The van der Waals surface area contributed by atoms with Crippen molar-refractivity contribution >= 4 is 11.6 Å². The fourth-order valence-electron chi connectivity index (χ4n) is 3.64. The van der Waals surface area contributed by atoms with Crippen molar-refractivity contribution in [1.82, 2.24) is 14.9 Å². The van der Waals surface area contributed by atoms with E-state index in [0.29, 0.717) is 17.2 Å².